The van der Waals surface area contributed by atoms with E-state index in [1.54, 1.807) is 0 Å². The quantitative estimate of drug-likeness (QED) is 0.713. The minimum Gasteiger partial charge on any atom is -0.323 e. The van der Waals surface area contributed by atoms with Crippen LogP contribution in [0.3, 0.4) is 0 Å². The van der Waals surface area contributed by atoms with Crippen LogP contribution >= 0.6 is 0 Å². The average Bonchev–Trinajstić information content (AvgIpc) is 2.03. The van der Waals surface area contributed by atoms with Crippen molar-refractivity contribution in [2.45, 2.75) is 52.0 Å². The van der Waals surface area contributed by atoms with Crippen LogP contribution in [-0.4, -0.2) is 12.5 Å². The summed E-state index contributed by atoms with van der Waals surface area (Å²) >= 11 is 0. The van der Waals surface area contributed by atoms with Crippen LogP contribution in [0.2, 0.25) is 0 Å². The topological polar surface area (TPSA) is 26.0 Å². The van der Waals surface area contributed by atoms with E-state index in [9.17, 15) is 8.78 Å². The fraction of sp³-hybridized carbons (Fsp3) is 1.00. The van der Waals surface area contributed by atoms with Crippen molar-refractivity contribution in [3.05, 3.63) is 0 Å². The summed E-state index contributed by atoms with van der Waals surface area (Å²) in [6.07, 6.45) is 1.42. The van der Waals surface area contributed by atoms with Gasteiger partial charge in [-0.25, -0.2) is 8.78 Å². The fourth-order valence-electron chi connectivity index (χ4n) is 2.01. The number of alkyl halides is 2. The molecule has 1 atom stereocenters. The third-order valence-corrected chi connectivity index (χ3v) is 3.22. The number of hydrogen-bond donors (Lipinski definition) is 1. The maximum atomic E-state index is 12.3. The fourth-order valence-corrected chi connectivity index (χ4v) is 2.01. The molecular formula is C10H19F2N. The number of nitrogens with two attached hydrogens (primary N) is 1. The second kappa shape index (κ2) is 3.91. The van der Waals surface area contributed by atoms with Crippen LogP contribution in [0.4, 0.5) is 8.78 Å². The second-order valence-electron chi connectivity index (χ2n) is 4.91. The first-order chi connectivity index (χ1) is 5.92. The summed E-state index contributed by atoms with van der Waals surface area (Å²) in [7, 11) is 0. The molecule has 1 nitrogen and oxygen atoms in total. The molecule has 0 amide bonds. The summed E-state index contributed by atoms with van der Waals surface area (Å²) in [5.74, 6) is 0.0352. The van der Waals surface area contributed by atoms with Crippen LogP contribution in [0.5, 0.6) is 0 Å². The maximum Gasteiger partial charge on any atom is 0.253 e. The van der Waals surface area contributed by atoms with Gasteiger partial charge in [0.15, 0.2) is 0 Å². The van der Waals surface area contributed by atoms with Gasteiger partial charge in [0, 0.05) is 0 Å². The largest absolute Gasteiger partial charge is 0.323 e. The van der Waals surface area contributed by atoms with Crippen LogP contribution in [-0.2, 0) is 0 Å². The van der Waals surface area contributed by atoms with Gasteiger partial charge in [-0.05, 0) is 37.0 Å². The van der Waals surface area contributed by atoms with Crippen LogP contribution < -0.4 is 5.73 Å². The third-order valence-electron chi connectivity index (χ3n) is 3.22. The van der Waals surface area contributed by atoms with Crippen molar-refractivity contribution < 1.29 is 8.78 Å². The van der Waals surface area contributed by atoms with Gasteiger partial charge in [0.25, 0.3) is 6.43 Å². The molecule has 1 fully saturated rings. The lowest BCUT2D eigenvalue weighted by molar-refractivity contribution is 0.0613. The van der Waals surface area contributed by atoms with Crippen molar-refractivity contribution >= 4 is 0 Å². The molecule has 3 heteroatoms. The van der Waals surface area contributed by atoms with Gasteiger partial charge in [-0.2, -0.15) is 0 Å². The Balaban J connectivity index is 2.41. The van der Waals surface area contributed by atoms with Gasteiger partial charge in [-0.15, -0.1) is 0 Å². The van der Waals surface area contributed by atoms with Crippen molar-refractivity contribution in [3.63, 3.8) is 0 Å². The molecule has 1 saturated carbocycles. The minimum absolute atomic E-state index is 0.0352. The van der Waals surface area contributed by atoms with Crippen molar-refractivity contribution in [2.24, 2.45) is 17.1 Å². The van der Waals surface area contributed by atoms with Crippen LogP contribution in [0, 0.1) is 11.3 Å². The van der Waals surface area contributed by atoms with Gasteiger partial charge in [0.05, 0.1) is 6.04 Å². The van der Waals surface area contributed by atoms with Crippen molar-refractivity contribution in [1.82, 2.24) is 0 Å². The first kappa shape index (κ1) is 10.9. The highest BCUT2D eigenvalue weighted by molar-refractivity contribution is 4.84. The minimum atomic E-state index is -2.36. The Morgan fingerprint density at radius 3 is 2.08 bits per heavy atom. The van der Waals surface area contributed by atoms with Crippen LogP contribution in [0.25, 0.3) is 0 Å². The lowest BCUT2D eigenvalue weighted by Gasteiger charge is -2.36. The second-order valence-corrected chi connectivity index (χ2v) is 4.91. The van der Waals surface area contributed by atoms with Gasteiger partial charge in [-0.1, -0.05) is 13.8 Å². The Kier molecular flexibility index (Phi) is 3.28. The number of hydrogen-bond acceptors (Lipinski definition) is 1. The summed E-state index contributed by atoms with van der Waals surface area (Å²) in [5.41, 5.74) is 5.76. The molecule has 0 heterocycles. The summed E-state index contributed by atoms with van der Waals surface area (Å²) in [5, 5.41) is 0. The molecule has 0 radical (unpaired) electrons. The maximum absolute atomic E-state index is 12.3. The van der Waals surface area contributed by atoms with E-state index in [4.69, 9.17) is 5.73 Å². The molecule has 1 rings (SSSR count). The third kappa shape index (κ3) is 2.90. The van der Waals surface area contributed by atoms with Gasteiger partial charge < -0.3 is 5.73 Å². The van der Waals surface area contributed by atoms with E-state index in [1.807, 2.05) is 0 Å². The molecule has 1 aliphatic rings. The molecule has 0 aromatic heterocycles. The van der Waals surface area contributed by atoms with Crippen molar-refractivity contribution in [1.29, 1.82) is 0 Å². The highest BCUT2D eigenvalue weighted by Gasteiger charge is 2.33. The Bertz CT molecular complexity index is 158. The SMILES string of the molecule is CC1(C)CCC(C(N)C(F)F)CC1. The van der Waals surface area contributed by atoms with E-state index in [0.29, 0.717) is 5.41 Å². The predicted octanol–water partition coefficient (Wildman–Crippen LogP) is 2.80. The molecule has 1 unspecified atom stereocenters. The molecule has 0 aromatic rings. The van der Waals surface area contributed by atoms with E-state index in [1.165, 1.54) is 0 Å². The summed E-state index contributed by atoms with van der Waals surface area (Å²) in [4.78, 5) is 0. The average molecular weight is 191 g/mol. The predicted molar refractivity (Wildman–Crippen MR) is 49.7 cm³/mol. The van der Waals surface area contributed by atoms with Crippen LogP contribution in [0.15, 0.2) is 0 Å². The standard InChI is InChI=1S/C10H19F2N/c1-10(2)5-3-7(4-6-10)8(13)9(11)12/h7-9H,3-6,13H2,1-2H3. The zero-order valence-electron chi connectivity index (χ0n) is 8.39. The number of rotatable bonds is 2. The first-order valence-corrected chi connectivity index (χ1v) is 4.96. The molecule has 1 aliphatic carbocycles. The lowest BCUT2D eigenvalue weighted by atomic mass is 9.71. The van der Waals surface area contributed by atoms with E-state index >= 15 is 0 Å². The van der Waals surface area contributed by atoms with Crippen molar-refractivity contribution in [2.75, 3.05) is 0 Å². The molecule has 0 spiro atoms. The van der Waals surface area contributed by atoms with Gasteiger partial charge in [0.1, 0.15) is 0 Å². The monoisotopic (exact) mass is 191 g/mol. The molecule has 0 aliphatic heterocycles. The van der Waals surface area contributed by atoms with Gasteiger partial charge in [-0.3, -0.25) is 0 Å². The molecule has 0 aromatic carbocycles. The summed E-state index contributed by atoms with van der Waals surface area (Å²) < 4.78 is 24.6. The Morgan fingerprint density at radius 2 is 1.69 bits per heavy atom. The lowest BCUT2D eigenvalue weighted by Crippen LogP contribution is -2.40. The van der Waals surface area contributed by atoms with Gasteiger partial charge in [0.2, 0.25) is 0 Å². The van der Waals surface area contributed by atoms with Gasteiger partial charge >= 0.3 is 0 Å². The normalized spacial score (nSPS) is 26.3. The molecule has 0 saturated heterocycles. The molecular weight excluding hydrogens is 172 g/mol. The van der Waals surface area contributed by atoms with E-state index in [-0.39, 0.29) is 5.92 Å². The summed E-state index contributed by atoms with van der Waals surface area (Å²) in [6.45, 7) is 4.38. The smallest absolute Gasteiger partial charge is 0.253 e. The van der Waals surface area contributed by atoms with Crippen molar-refractivity contribution in [3.8, 4) is 0 Å². The highest BCUT2D eigenvalue weighted by atomic mass is 19.3. The molecule has 78 valence electrons. The Labute approximate surface area is 78.7 Å². The van der Waals surface area contributed by atoms with Crippen LogP contribution in [0.1, 0.15) is 39.5 Å². The zero-order chi connectivity index (χ0) is 10.1. The highest BCUT2D eigenvalue weighted by Crippen LogP contribution is 2.39. The summed E-state index contributed by atoms with van der Waals surface area (Å²) in [6, 6.07) is -0.906. The number of halogens is 2. The molecule has 13 heavy (non-hydrogen) atoms. The molecule has 2 N–H and O–H groups in total. The van der Waals surface area contributed by atoms with E-state index < -0.39 is 12.5 Å². The first-order valence-electron chi connectivity index (χ1n) is 4.96. The van der Waals surface area contributed by atoms with E-state index in [2.05, 4.69) is 13.8 Å². The van der Waals surface area contributed by atoms with E-state index in [0.717, 1.165) is 25.7 Å². The zero-order valence-corrected chi connectivity index (χ0v) is 8.39. The Morgan fingerprint density at radius 1 is 1.23 bits per heavy atom. The Hall–Kier alpha value is -0.180. The molecule has 0 bridgehead atoms.